The van der Waals surface area contributed by atoms with Crippen LogP contribution in [-0.4, -0.2) is 22.8 Å². The molecular weight excluding hydrogens is 182 g/mol. The summed E-state index contributed by atoms with van der Waals surface area (Å²) < 4.78 is 6.07. The molecule has 0 bridgehead atoms. The van der Waals surface area contributed by atoms with E-state index in [1.165, 1.54) is 4.57 Å². The van der Waals surface area contributed by atoms with Gasteiger partial charge in [-0.05, 0) is 31.8 Å². The Balaban J connectivity index is 2.02. The van der Waals surface area contributed by atoms with Crippen molar-refractivity contribution in [2.24, 2.45) is 13.0 Å². The molecule has 1 saturated heterocycles. The summed E-state index contributed by atoms with van der Waals surface area (Å²) >= 11 is 0. The third-order valence-corrected chi connectivity index (χ3v) is 2.82. The monoisotopic (exact) mass is 197 g/mol. The van der Waals surface area contributed by atoms with Crippen LogP contribution in [0.15, 0.2) is 9.32 Å². The van der Waals surface area contributed by atoms with Crippen LogP contribution in [0.4, 0.5) is 0 Å². The Kier molecular flexibility index (Phi) is 2.67. The van der Waals surface area contributed by atoms with E-state index in [9.17, 15) is 4.79 Å². The zero-order valence-electron chi connectivity index (χ0n) is 8.32. The first kappa shape index (κ1) is 9.45. The van der Waals surface area contributed by atoms with Crippen LogP contribution in [0.3, 0.4) is 0 Å². The molecule has 2 rings (SSSR count). The molecule has 1 aromatic heterocycles. The van der Waals surface area contributed by atoms with Gasteiger partial charge in [0.25, 0.3) is 0 Å². The van der Waals surface area contributed by atoms with Crippen molar-refractivity contribution >= 4 is 0 Å². The molecular formula is C9H15N3O2. The minimum atomic E-state index is -0.367. The van der Waals surface area contributed by atoms with Crippen LogP contribution >= 0.6 is 0 Å². The van der Waals surface area contributed by atoms with Gasteiger partial charge >= 0.3 is 5.76 Å². The highest BCUT2D eigenvalue weighted by Crippen LogP contribution is 2.15. The van der Waals surface area contributed by atoms with Crippen molar-refractivity contribution in [1.82, 2.24) is 15.0 Å². The number of piperidine rings is 1. The fraction of sp³-hybridized carbons (Fsp3) is 0.778. The predicted octanol–water partition coefficient (Wildman–Crippen LogP) is -0.0846. The number of hydrogen-bond donors (Lipinski definition) is 1. The molecule has 1 aliphatic rings. The molecule has 0 amide bonds. The van der Waals surface area contributed by atoms with E-state index in [1.807, 2.05) is 0 Å². The Labute approximate surface area is 82.1 Å². The minimum Gasteiger partial charge on any atom is -0.317 e. The molecule has 0 aromatic carbocycles. The normalized spacial score (nSPS) is 18.6. The third-order valence-electron chi connectivity index (χ3n) is 2.82. The zero-order chi connectivity index (χ0) is 9.97. The Morgan fingerprint density at radius 2 is 2.29 bits per heavy atom. The first-order chi connectivity index (χ1) is 6.77. The largest absolute Gasteiger partial charge is 0.441 e. The Morgan fingerprint density at radius 1 is 1.57 bits per heavy atom. The molecule has 0 saturated carbocycles. The molecule has 14 heavy (non-hydrogen) atoms. The number of hydrogen-bond acceptors (Lipinski definition) is 4. The maximum Gasteiger partial charge on any atom is 0.441 e. The van der Waals surface area contributed by atoms with Crippen molar-refractivity contribution in [3.8, 4) is 0 Å². The van der Waals surface area contributed by atoms with Crippen molar-refractivity contribution in [1.29, 1.82) is 0 Å². The van der Waals surface area contributed by atoms with Crippen molar-refractivity contribution < 1.29 is 4.52 Å². The SMILES string of the molecule is Cn1c(CC2CCNCC2)noc1=O. The average Bonchev–Trinajstić information content (AvgIpc) is 2.52. The lowest BCUT2D eigenvalue weighted by Crippen LogP contribution is -2.29. The van der Waals surface area contributed by atoms with E-state index in [1.54, 1.807) is 7.05 Å². The summed E-state index contributed by atoms with van der Waals surface area (Å²) in [6, 6.07) is 0. The van der Waals surface area contributed by atoms with Crippen molar-refractivity contribution in [3.63, 3.8) is 0 Å². The molecule has 1 aromatic rings. The summed E-state index contributed by atoms with van der Waals surface area (Å²) in [5.41, 5.74) is 0. The Morgan fingerprint density at radius 3 is 2.86 bits per heavy atom. The fourth-order valence-electron chi connectivity index (χ4n) is 1.84. The van der Waals surface area contributed by atoms with Crippen LogP contribution < -0.4 is 11.1 Å². The molecule has 5 nitrogen and oxygen atoms in total. The number of rotatable bonds is 2. The smallest absolute Gasteiger partial charge is 0.317 e. The molecule has 1 fully saturated rings. The molecule has 78 valence electrons. The van der Waals surface area contributed by atoms with Gasteiger partial charge in [0.1, 0.15) is 0 Å². The van der Waals surface area contributed by atoms with Crippen LogP contribution in [0.5, 0.6) is 0 Å². The maximum atomic E-state index is 11.0. The first-order valence-corrected chi connectivity index (χ1v) is 4.99. The molecule has 0 radical (unpaired) electrons. The molecule has 0 aliphatic carbocycles. The second-order valence-corrected chi connectivity index (χ2v) is 3.82. The van der Waals surface area contributed by atoms with Gasteiger partial charge < -0.3 is 5.32 Å². The maximum absolute atomic E-state index is 11.0. The number of nitrogens with one attached hydrogen (secondary N) is 1. The van der Waals surface area contributed by atoms with Gasteiger partial charge in [0.05, 0.1) is 0 Å². The van der Waals surface area contributed by atoms with Gasteiger partial charge in [-0.25, -0.2) is 4.79 Å². The highest BCUT2D eigenvalue weighted by molar-refractivity contribution is 4.87. The Bertz CT molecular complexity index is 349. The molecule has 0 atom stereocenters. The standard InChI is InChI=1S/C9H15N3O2/c1-12-8(11-14-9(12)13)6-7-2-4-10-5-3-7/h7,10H,2-6H2,1H3. The van der Waals surface area contributed by atoms with E-state index in [0.29, 0.717) is 5.92 Å². The molecule has 2 heterocycles. The van der Waals surface area contributed by atoms with Crippen LogP contribution in [-0.2, 0) is 13.5 Å². The molecule has 0 unspecified atom stereocenters. The van der Waals surface area contributed by atoms with E-state index >= 15 is 0 Å². The van der Waals surface area contributed by atoms with Gasteiger partial charge in [0.2, 0.25) is 0 Å². The highest BCUT2D eigenvalue weighted by Gasteiger charge is 2.17. The van der Waals surface area contributed by atoms with Gasteiger partial charge in [0.15, 0.2) is 5.82 Å². The summed E-state index contributed by atoms with van der Waals surface area (Å²) in [6.07, 6.45) is 3.16. The lowest BCUT2D eigenvalue weighted by Gasteiger charge is -2.21. The van der Waals surface area contributed by atoms with Gasteiger partial charge in [-0.2, -0.15) is 0 Å². The van der Waals surface area contributed by atoms with E-state index in [4.69, 9.17) is 0 Å². The van der Waals surface area contributed by atoms with E-state index in [0.717, 1.165) is 38.2 Å². The third kappa shape index (κ3) is 1.87. The van der Waals surface area contributed by atoms with Crippen LogP contribution in [0.2, 0.25) is 0 Å². The van der Waals surface area contributed by atoms with Crippen LogP contribution in [0.1, 0.15) is 18.7 Å². The van der Waals surface area contributed by atoms with Gasteiger partial charge in [0, 0.05) is 13.5 Å². The molecule has 0 spiro atoms. The van der Waals surface area contributed by atoms with E-state index < -0.39 is 0 Å². The summed E-state index contributed by atoms with van der Waals surface area (Å²) in [5, 5.41) is 7.07. The van der Waals surface area contributed by atoms with Gasteiger partial charge in [-0.15, -0.1) is 0 Å². The van der Waals surface area contributed by atoms with E-state index in [-0.39, 0.29) is 5.76 Å². The summed E-state index contributed by atoms with van der Waals surface area (Å²) in [6.45, 7) is 2.13. The van der Waals surface area contributed by atoms with Crippen LogP contribution in [0, 0.1) is 5.92 Å². The Hall–Kier alpha value is -1.10. The predicted molar refractivity (Wildman–Crippen MR) is 51.0 cm³/mol. The zero-order valence-corrected chi connectivity index (χ0v) is 8.32. The second-order valence-electron chi connectivity index (χ2n) is 3.82. The second kappa shape index (κ2) is 3.96. The van der Waals surface area contributed by atoms with E-state index in [2.05, 4.69) is 15.0 Å². The number of nitrogens with zero attached hydrogens (tertiary/aromatic N) is 2. The lowest BCUT2D eigenvalue weighted by molar-refractivity contribution is 0.349. The average molecular weight is 197 g/mol. The topological polar surface area (TPSA) is 60.1 Å². The van der Waals surface area contributed by atoms with Crippen molar-refractivity contribution in [3.05, 3.63) is 16.4 Å². The van der Waals surface area contributed by atoms with Gasteiger partial charge in [-0.1, -0.05) is 5.16 Å². The summed E-state index contributed by atoms with van der Waals surface area (Å²) in [7, 11) is 1.70. The van der Waals surface area contributed by atoms with Crippen molar-refractivity contribution in [2.75, 3.05) is 13.1 Å². The molecule has 1 N–H and O–H groups in total. The summed E-state index contributed by atoms with van der Waals surface area (Å²) in [5.74, 6) is 1.03. The van der Waals surface area contributed by atoms with Gasteiger partial charge in [-0.3, -0.25) is 9.09 Å². The fourth-order valence-corrected chi connectivity index (χ4v) is 1.84. The first-order valence-electron chi connectivity index (χ1n) is 4.99. The summed E-state index contributed by atoms with van der Waals surface area (Å²) in [4.78, 5) is 11.0. The van der Waals surface area contributed by atoms with Crippen LogP contribution in [0.25, 0.3) is 0 Å². The highest BCUT2D eigenvalue weighted by atomic mass is 16.5. The van der Waals surface area contributed by atoms with Crippen molar-refractivity contribution in [2.45, 2.75) is 19.3 Å². The number of aromatic nitrogens is 2. The minimum absolute atomic E-state index is 0.367. The molecule has 1 aliphatic heterocycles. The molecule has 5 heteroatoms. The lowest BCUT2D eigenvalue weighted by atomic mass is 9.94. The quantitative estimate of drug-likeness (QED) is 0.720.